The molecule has 108 valence electrons. The largest absolute Gasteiger partial charge is 0.480 e. The fourth-order valence-corrected chi connectivity index (χ4v) is 2.08. The number of hydrogen-bond acceptors (Lipinski definition) is 5. The Morgan fingerprint density at radius 1 is 1.55 bits per heavy atom. The number of aliphatic carboxylic acids is 1. The molecule has 0 radical (unpaired) electrons. The van der Waals surface area contributed by atoms with Crippen molar-refractivity contribution >= 4 is 34.4 Å². The molecule has 2 aromatic heterocycles. The van der Waals surface area contributed by atoms with Crippen molar-refractivity contribution in [1.82, 2.24) is 14.5 Å². The first-order chi connectivity index (χ1) is 9.43. The van der Waals surface area contributed by atoms with Crippen LogP contribution in [-0.4, -0.2) is 50.4 Å². The summed E-state index contributed by atoms with van der Waals surface area (Å²) in [5.41, 5.74) is 1.15. The molecular formula is C12H15ClN4O3. The van der Waals surface area contributed by atoms with Gasteiger partial charge in [-0.1, -0.05) is 0 Å². The third-order valence-electron chi connectivity index (χ3n) is 3.13. The molecule has 0 spiro atoms. The van der Waals surface area contributed by atoms with Crippen LogP contribution >= 0.6 is 11.6 Å². The Hall–Kier alpha value is -1.86. The summed E-state index contributed by atoms with van der Waals surface area (Å²) in [6.45, 7) is 1.58. The number of anilines is 1. The lowest BCUT2D eigenvalue weighted by molar-refractivity contribution is -0.137. The van der Waals surface area contributed by atoms with E-state index in [2.05, 4.69) is 9.97 Å². The molecule has 0 aliphatic carbocycles. The van der Waals surface area contributed by atoms with E-state index in [1.165, 1.54) is 0 Å². The van der Waals surface area contributed by atoms with E-state index in [9.17, 15) is 9.90 Å². The average molecular weight is 299 g/mol. The molecule has 2 heterocycles. The van der Waals surface area contributed by atoms with Crippen LogP contribution in [0.2, 0.25) is 5.28 Å². The molecule has 0 unspecified atom stereocenters. The summed E-state index contributed by atoms with van der Waals surface area (Å²) >= 11 is 5.89. The third kappa shape index (κ3) is 2.68. The summed E-state index contributed by atoms with van der Waals surface area (Å²) in [5, 5.41) is 18.3. The second-order valence-electron chi connectivity index (χ2n) is 4.53. The van der Waals surface area contributed by atoms with E-state index in [1.54, 1.807) is 28.8 Å². The maximum Gasteiger partial charge on any atom is 0.323 e. The molecule has 7 nitrogen and oxygen atoms in total. The quantitative estimate of drug-likeness (QED) is 0.800. The molecule has 0 saturated carbocycles. The van der Waals surface area contributed by atoms with Crippen molar-refractivity contribution in [2.24, 2.45) is 0 Å². The molecular weight excluding hydrogens is 284 g/mol. The average Bonchev–Trinajstić information content (AvgIpc) is 2.78. The molecule has 0 amide bonds. The summed E-state index contributed by atoms with van der Waals surface area (Å²) in [5.74, 6) is -0.464. The van der Waals surface area contributed by atoms with Crippen LogP contribution in [0.1, 0.15) is 6.92 Å². The number of nitrogens with zero attached hydrogens (tertiary/aromatic N) is 4. The van der Waals surface area contributed by atoms with Gasteiger partial charge < -0.3 is 19.7 Å². The minimum atomic E-state index is -0.957. The highest BCUT2D eigenvalue weighted by Crippen LogP contribution is 2.26. The summed E-state index contributed by atoms with van der Waals surface area (Å²) in [7, 11) is 1.76. The first kappa shape index (κ1) is 14.5. The number of aliphatic hydroxyl groups is 1. The van der Waals surface area contributed by atoms with Crippen LogP contribution in [0.3, 0.4) is 0 Å². The smallest absolute Gasteiger partial charge is 0.323 e. The molecule has 8 heteroatoms. The lowest BCUT2D eigenvalue weighted by Gasteiger charge is -2.25. The molecule has 0 bridgehead atoms. The highest BCUT2D eigenvalue weighted by atomic mass is 35.5. The molecule has 0 aliphatic rings. The van der Waals surface area contributed by atoms with Gasteiger partial charge in [0, 0.05) is 13.2 Å². The Kier molecular flexibility index (Phi) is 4.10. The Balaban J connectivity index is 2.61. The molecule has 1 atom stereocenters. The molecule has 0 fully saturated rings. The predicted molar refractivity (Wildman–Crippen MR) is 75.1 cm³/mol. The normalized spacial score (nSPS) is 12.6. The Morgan fingerprint density at radius 3 is 2.85 bits per heavy atom. The van der Waals surface area contributed by atoms with E-state index in [-0.39, 0.29) is 24.5 Å². The van der Waals surface area contributed by atoms with Crippen LogP contribution in [0.5, 0.6) is 0 Å². The molecule has 20 heavy (non-hydrogen) atoms. The number of hydrogen-bond donors (Lipinski definition) is 2. The van der Waals surface area contributed by atoms with Crippen molar-refractivity contribution in [3.63, 3.8) is 0 Å². The van der Waals surface area contributed by atoms with Crippen molar-refractivity contribution < 1.29 is 15.0 Å². The molecule has 2 aromatic rings. The van der Waals surface area contributed by atoms with Crippen LogP contribution < -0.4 is 4.90 Å². The van der Waals surface area contributed by atoms with E-state index in [0.29, 0.717) is 16.9 Å². The van der Waals surface area contributed by atoms with E-state index in [0.717, 1.165) is 0 Å². The molecule has 0 aromatic carbocycles. The van der Waals surface area contributed by atoms with Gasteiger partial charge in [-0.3, -0.25) is 4.79 Å². The lowest BCUT2D eigenvalue weighted by atomic mass is 10.3. The number of carbonyl (C=O) groups is 1. The van der Waals surface area contributed by atoms with Gasteiger partial charge in [-0.25, -0.2) is 4.98 Å². The number of aromatic nitrogens is 3. The highest BCUT2D eigenvalue weighted by molar-refractivity contribution is 6.28. The van der Waals surface area contributed by atoms with Gasteiger partial charge in [0.2, 0.25) is 5.28 Å². The van der Waals surface area contributed by atoms with Crippen molar-refractivity contribution in [2.75, 3.05) is 18.6 Å². The molecule has 0 aliphatic heterocycles. The second kappa shape index (κ2) is 5.64. The monoisotopic (exact) mass is 298 g/mol. The Morgan fingerprint density at radius 2 is 2.25 bits per heavy atom. The standard InChI is InChI=1S/C12H15ClN4O3/c1-7(6-18)16(2)11-10-8(14-12(13)15-11)3-4-17(10)5-9(19)20/h3-4,7,18H,5-6H2,1-2H3,(H,19,20)/t7-/m0/s1. The molecule has 2 rings (SSSR count). The number of likely N-dealkylation sites (N-methyl/N-ethyl adjacent to an activating group) is 1. The van der Waals surface area contributed by atoms with E-state index in [1.807, 2.05) is 6.92 Å². The fraction of sp³-hybridized carbons (Fsp3) is 0.417. The number of halogens is 1. The maximum absolute atomic E-state index is 10.9. The number of carboxylic acid groups (broad SMARTS) is 1. The van der Waals surface area contributed by atoms with Crippen molar-refractivity contribution in [3.05, 3.63) is 17.5 Å². The maximum atomic E-state index is 10.9. The topological polar surface area (TPSA) is 91.5 Å². The van der Waals surface area contributed by atoms with Gasteiger partial charge in [-0.2, -0.15) is 4.98 Å². The molecule has 2 N–H and O–H groups in total. The van der Waals surface area contributed by atoms with Crippen LogP contribution in [0.15, 0.2) is 12.3 Å². The fourth-order valence-electron chi connectivity index (χ4n) is 1.91. The second-order valence-corrected chi connectivity index (χ2v) is 4.87. The minimum absolute atomic E-state index is 0.0563. The van der Waals surface area contributed by atoms with Gasteiger partial charge in [0.05, 0.1) is 18.2 Å². The van der Waals surface area contributed by atoms with Gasteiger partial charge in [-0.05, 0) is 24.6 Å². The summed E-state index contributed by atoms with van der Waals surface area (Å²) in [6.07, 6.45) is 1.63. The molecule has 0 saturated heterocycles. The van der Waals surface area contributed by atoms with Gasteiger partial charge in [0.25, 0.3) is 0 Å². The zero-order valence-corrected chi connectivity index (χ0v) is 11.9. The number of carboxylic acids is 1. The highest BCUT2D eigenvalue weighted by Gasteiger charge is 2.19. The first-order valence-electron chi connectivity index (χ1n) is 6.02. The van der Waals surface area contributed by atoms with E-state index < -0.39 is 5.97 Å². The zero-order valence-electron chi connectivity index (χ0n) is 11.1. The Bertz CT molecular complexity index is 643. The number of aliphatic hydroxyl groups excluding tert-OH is 1. The van der Waals surface area contributed by atoms with Crippen molar-refractivity contribution in [3.8, 4) is 0 Å². The van der Waals surface area contributed by atoms with Gasteiger partial charge in [-0.15, -0.1) is 0 Å². The summed E-state index contributed by atoms with van der Waals surface area (Å²) < 4.78 is 1.55. The SMILES string of the molecule is C[C@@H](CO)N(C)c1nc(Cl)nc2ccn(CC(=O)O)c12. The minimum Gasteiger partial charge on any atom is -0.480 e. The third-order valence-corrected chi connectivity index (χ3v) is 3.30. The number of fused-ring (bicyclic) bond motifs is 1. The van der Waals surface area contributed by atoms with Crippen molar-refractivity contribution in [2.45, 2.75) is 19.5 Å². The zero-order chi connectivity index (χ0) is 14.9. The van der Waals surface area contributed by atoms with E-state index in [4.69, 9.17) is 16.7 Å². The summed E-state index contributed by atoms with van der Waals surface area (Å²) in [4.78, 5) is 20.9. The van der Waals surface area contributed by atoms with Gasteiger partial charge >= 0.3 is 5.97 Å². The van der Waals surface area contributed by atoms with Gasteiger partial charge in [0.15, 0.2) is 5.82 Å². The Labute approximate surface area is 120 Å². The predicted octanol–water partition coefficient (Wildman–Crippen LogP) is 0.986. The van der Waals surface area contributed by atoms with Gasteiger partial charge in [0.1, 0.15) is 12.1 Å². The van der Waals surface area contributed by atoms with Crippen LogP contribution in [0.4, 0.5) is 5.82 Å². The van der Waals surface area contributed by atoms with Crippen molar-refractivity contribution in [1.29, 1.82) is 0 Å². The lowest BCUT2D eigenvalue weighted by Crippen LogP contribution is -2.33. The van der Waals surface area contributed by atoms with Crippen LogP contribution in [0, 0.1) is 0 Å². The summed E-state index contributed by atoms with van der Waals surface area (Å²) in [6, 6.07) is 1.50. The van der Waals surface area contributed by atoms with E-state index >= 15 is 0 Å². The van der Waals surface area contributed by atoms with Crippen LogP contribution in [-0.2, 0) is 11.3 Å². The first-order valence-corrected chi connectivity index (χ1v) is 6.39. The number of rotatable bonds is 5. The van der Waals surface area contributed by atoms with Crippen LogP contribution in [0.25, 0.3) is 11.0 Å².